The highest BCUT2D eigenvalue weighted by Crippen LogP contribution is 2.35. The maximum absolute atomic E-state index is 12.7. The van der Waals surface area contributed by atoms with E-state index in [0.29, 0.717) is 23.7 Å². The third-order valence-electron chi connectivity index (χ3n) is 3.69. The van der Waals surface area contributed by atoms with Gasteiger partial charge < -0.3 is 19.5 Å². The van der Waals surface area contributed by atoms with E-state index in [1.54, 1.807) is 19.1 Å². The Morgan fingerprint density at radius 2 is 1.92 bits per heavy atom. The van der Waals surface area contributed by atoms with Gasteiger partial charge in [-0.05, 0) is 37.3 Å². The molecule has 26 heavy (non-hydrogen) atoms. The molecule has 2 aromatic rings. The van der Waals surface area contributed by atoms with Crippen molar-refractivity contribution in [2.45, 2.75) is 11.8 Å². The number of nitrogens with one attached hydrogen (secondary N) is 2. The number of fused-ring (bicyclic) bond motifs is 1. The van der Waals surface area contributed by atoms with Crippen molar-refractivity contribution in [2.75, 3.05) is 25.2 Å². The summed E-state index contributed by atoms with van der Waals surface area (Å²) >= 11 is 0. The molecule has 0 fully saturated rings. The standard InChI is InChI=1S/C17H18N2O6S/c1-3-18-17(20)13-9-12(5-7-14(13)23-2)26(21,22)19-11-4-6-15-16(8-11)25-10-24-15/h4-9,19H,3,10H2,1-2H3,(H,18,20). The predicted molar refractivity (Wildman–Crippen MR) is 94.4 cm³/mol. The molecule has 0 bridgehead atoms. The minimum atomic E-state index is -3.91. The average Bonchev–Trinajstić information content (AvgIpc) is 3.08. The number of benzene rings is 2. The lowest BCUT2D eigenvalue weighted by Crippen LogP contribution is -2.24. The number of carbonyl (C=O) groups is 1. The molecular formula is C17H18N2O6S. The van der Waals surface area contributed by atoms with Crippen molar-refractivity contribution in [2.24, 2.45) is 0 Å². The average molecular weight is 378 g/mol. The van der Waals surface area contributed by atoms with E-state index in [1.807, 2.05) is 0 Å². The zero-order chi connectivity index (χ0) is 18.7. The van der Waals surface area contributed by atoms with Crippen LogP contribution in [0, 0.1) is 0 Å². The Hall–Kier alpha value is -2.94. The zero-order valence-electron chi connectivity index (χ0n) is 14.2. The van der Waals surface area contributed by atoms with Gasteiger partial charge in [-0.3, -0.25) is 9.52 Å². The van der Waals surface area contributed by atoms with Gasteiger partial charge in [-0.25, -0.2) is 8.42 Å². The van der Waals surface area contributed by atoms with Crippen molar-refractivity contribution in [3.63, 3.8) is 0 Å². The fraction of sp³-hybridized carbons (Fsp3) is 0.235. The molecule has 1 aliphatic heterocycles. The second-order valence-corrected chi connectivity index (χ2v) is 7.08. The van der Waals surface area contributed by atoms with Gasteiger partial charge in [0, 0.05) is 12.6 Å². The van der Waals surface area contributed by atoms with Crippen LogP contribution in [0.25, 0.3) is 0 Å². The molecule has 0 aliphatic carbocycles. The molecule has 2 aromatic carbocycles. The van der Waals surface area contributed by atoms with Crippen LogP contribution in [0.3, 0.4) is 0 Å². The van der Waals surface area contributed by atoms with E-state index in [0.717, 1.165) is 0 Å². The first-order valence-corrected chi connectivity index (χ1v) is 9.31. The maximum Gasteiger partial charge on any atom is 0.261 e. The molecule has 0 atom stereocenters. The second-order valence-electron chi connectivity index (χ2n) is 5.40. The van der Waals surface area contributed by atoms with Crippen LogP contribution in [0.15, 0.2) is 41.3 Å². The minimum Gasteiger partial charge on any atom is -0.496 e. The molecule has 0 aromatic heterocycles. The molecule has 1 amide bonds. The van der Waals surface area contributed by atoms with Crippen LogP contribution in [0.2, 0.25) is 0 Å². The number of ether oxygens (including phenoxy) is 3. The first kappa shape index (κ1) is 17.9. The molecule has 0 spiro atoms. The number of carbonyl (C=O) groups excluding carboxylic acids is 1. The van der Waals surface area contributed by atoms with Crippen LogP contribution in [0.1, 0.15) is 17.3 Å². The minimum absolute atomic E-state index is 0.0581. The fourth-order valence-corrected chi connectivity index (χ4v) is 3.54. The van der Waals surface area contributed by atoms with Gasteiger partial charge in [0.2, 0.25) is 6.79 Å². The Morgan fingerprint density at radius 1 is 1.15 bits per heavy atom. The van der Waals surface area contributed by atoms with Gasteiger partial charge in [0.05, 0.1) is 23.3 Å². The quantitative estimate of drug-likeness (QED) is 0.797. The van der Waals surface area contributed by atoms with Gasteiger partial charge in [-0.1, -0.05) is 0 Å². The summed E-state index contributed by atoms with van der Waals surface area (Å²) in [5, 5.41) is 2.63. The topological polar surface area (TPSA) is 103 Å². The number of anilines is 1. The number of methoxy groups -OCH3 is 1. The highest BCUT2D eigenvalue weighted by molar-refractivity contribution is 7.92. The lowest BCUT2D eigenvalue weighted by atomic mass is 10.2. The highest BCUT2D eigenvalue weighted by atomic mass is 32.2. The normalized spacial score (nSPS) is 12.5. The van der Waals surface area contributed by atoms with E-state index < -0.39 is 15.9 Å². The van der Waals surface area contributed by atoms with Gasteiger partial charge in [0.15, 0.2) is 11.5 Å². The first-order valence-electron chi connectivity index (χ1n) is 7.83. The van der Waals surface area contributed by atoms with Crippen molar-refractivity contribution < 1.29 is 27.4 Å². The van der Waals surface area contributed by atoms with Gasteiger partial charge >= 0.3 is 0 Å². The third-order valence-corrected chi connectivity index (χ3v) is 5.07. The smallest absolute Gasteiger partial charge is 0.261 e. The first-order chi connectivity index (χ1) is 12.4. The summed E-state index contributed by atoms with van der Waals surface area (Å²) in [5.41, 5.74) is 0.465. The van der Waals surface area contributed by atoms with Crippen molar-refractivity contribution in [1.29, 1.82) is 0 Å². The SMILES string of the molecule is CCNC(=O)c1cc(S(=O)(=O)Nc2ccc3c(c2)OCO3)ccc1OC. The number of amides is 1. The molecule has 0 saturated heterocycles. The molecular weight excluding hydrogens is 360 g/mol. The molecule has 8 nitrogen and oxygen atoms in total. The summed E-state index contributed by atoms with van der Waals surface area (Å²) in [4.78, 5) is 12.1. The molecule has 2 N–H and O–H groups in total. The van der Waals surface area contributed by atoms with Gasteiger partial charge in [0.25, 0.3) is 15.9 Å². The van der Waals surface area contributed by atoms with Crippen LogP contribution in [0.5, 0.6) is 17.2 Å². The largest absolute Gasteiger partial charge is 0.496 e. The number of rotatable bonds is 6. The van der Waals surface area contributed by atoms with Crippen LogP contribution >= 0.6 is 0 Å². The molecule has 1 heterocycles. The third kappa shape index (κ3) is 3.52. The molecule has 0 unspecified atom stereocenters. The molecule has 138 valence electrons. The Balaban J connectivity index is 1.91. The molecule has 1 aliphatic rings. The van der Waals surface area contributed by atoms with Crippen LogP contribution < -0.4 is 24.2 Å². The van der Waals surface area contributed by atoms with Crippen molar-refractivity contribution >= 4 is 21.6 Å². The van der Waals surface area contributed by atoms with E-state index in [4.69, 9.17) is 14.2 Å². The van der Waals surface area contributed by atoms with Gasteiger partial charge in [0.1, 0.15) is 5.75 Å². The fourth-order valence-electron chi connectivity index (χ4n) is 2.46. The number of sulfonamides is 1. The van der Waals surface area contributed by atoms with E-state index >= 15 is 0 Å². The Kier molecular flexibility index (Phi) is 4.90. The summed E-state index contributed by atoms with van der Waals surface area (Å²) in [5.74, 6) is 0.890. The van der Waals surface area contributed by atoms with Gasteiger partial charge in [-0.15, -0.1) is 0 Å². The van der Waals surface area contributed by atoms with Crippen LogP contribution in [0.4, 0.5) is 5.69 Å². The van der Waals surface area contributed by atoms with Crippen molar-refractivity contribution in [3.8, 4) is 17.2 Å². The Labute approximate surface area is 151 Å². The molecule has 0 radical (unpaired) electrons. The van der Waals surface area contributed by atoms with Crippen LogP contribution in [-0.4, -0.2) is 34.8 Å². The molecule has 3 rings (SSSR count). The van der Waals surface area contributed by atoms with Crippen LogP contribution in [-0.2, 0) is 10.0 Å². The number of hydrogen-bond acceptors (Lipinski definition) is 6. The summed E-state index contributed by atoms with van der Waals surface area (Å²) in [6.07, 6.45) is 0. The summed E-state index contributed by atoms with van der Waals surface area (Å²) in [6, 6.07) is 8.82. The maximum atomic E-state index is 12.7. The highest BCUT2D eigenvalue weighted by Gasteiger charge is 2.21. The molecule has 0 saturated carbocycles. The Bertz CT molecular complexity index is 942. The van der Waals surface area contributed by atoms with Gasteiger partial charge in [-0.2, -0.15) is 0 Å². The Morgan fingerprint density at radius 3 is 2.65 bits per heavy atom. The van der Waals surface area contributed by atoms with E-state index in [1.165, 1.54) is 31.4 Å². The lowest BCUT2D eigenvalue weighted by Gasteiger charge is -2.12. The number of hydrogen-bond donors (Lipinski definition) is 2. The monoisotopic (exact) mass is 378 g/mol. The summed E-state index contributed by atoms with van der Waals surface area (Å²) in [7, 11) is -2.49. The molecule has 9 heteroatoms. The van der Waals surface area contributed by atoms with E-state index in [-0.39, 0.29) is 23.0 Å². The second kappa shape index (κ2) is 7.12. The van der Waals surface area contributed by atoms with Crippen molar-refractivity contribution in [3.05, 3.63) is 42.0 Å². The van der Waals surface area contributed by atoms with E-state index in [9.17, 15) is 13.2 Å². The summed E-state index contributed by atoms with van der Waals surface area (Å²) in [6.45, 7) is 2.28. The van der Waals surface area contributed by atoms with Crippen molar-refractivity contribution in [1.82, 2.24) is 5.32 Å². The zero-order valence-corrected chi connectivity index (χ0v) is 15.1. The van der Waals surface area contributed by atoms with E-state index in [2.05, 4.69) is 10.0 Å². The lowest BCUT2D eigenvalue weighted by molar-refractivity contribution is 0.0952. The summed E-state index contributed by atoms with van der Waals surface area (Å²) < 4.78 is 43.4. The predicted octanol–water partition coefficient (Wildman–Crippen LogP) is 1.97.